The van der Waals surface area contributed by atoms with E-state index < -0.39 is 61.1 Å². The molecule has 1 amide bonds. The van der Waals surface area contributed by atoms with Gasteiger partial charge in [-0.25, -0.2) is 4.79 Å². The molecule has 0 aromatic heterocycles. The summed E-state index contributed by atoms with van der Waals surface area (Å²) in [6, 6.07) is 4.10. The van der Waals surface area contributed by atoms with Crippen LogP contribution < -0.4 is 10.1 Å². The SMILES string of the molecule is CC(=O)N[C@H]1[C@@H](C(O)C(O)CO)O[C@](Oc2ccc(C=O)cc2)(C(=O)O)C[C@@H]1O. The van der Waals surface area contributed by atoms with Crippen LogP contribution in [0.3, 0.4) is 0 Å². The van der Waals surface area contributed by atoms with E-state index in [1.165, 1.54) is 24.3 Å². The number of carbonyl (C=O) groups excluding carboxylic acids is 2. The maximum Gasteiger partial charge on any atom is 0.377 e. The van der Waals surface area contributed by atoms with Crippen molar-refractivity contribution in [2.75, 3.05) is 6.61 Å². The van der Waals surface area contributed by atoms with E-state index >= 15 is 0 Å². The molecule has 11 heteroatoms. The third kappa shape index (κ3) is 5.08. The van der Waals surface area contributed by atoms with E-state index in [-0.39, 0.29) is 5.75 Å². The van der Waals surface area contributed by atoms with E-state index in [0.717, 1.165) is 6.92 Å². The van der Waals surface area contributed by atoms with Crippen LogP contribution >= 0.6 is 0 Å². The maximum atomic E-state index is 12.0. The number of nitrogens with one attached hydrogen (secondary N) is 1. The van der Waals surface area contributed by atoms with Crippen molar-refractivity contribution in [3.63, 3.8) is 0 Å². The molecule has 1 heterocycles. The van der Waals surface area contributed by atoms with Crippen LogP contribution in [0.2, 0.25) is 0 Å². The van der Waals surface area contributed by atoms with Crippen LogP contribution in [0.25, 0.3) is 0 Å². The predicted molar refractivity (Wildman–Crippen MR) is 95.0 cm³/mol. The molecule has 0 saturated carbocycles. The molecule has 6 atom stereocenters. The summed E-state index contributed by atoms with van der Waals surface area (Å²) >= 11 is 0. The second kappa shape index (κ2) is 9.29. The van der Waals surface area contributed by atoms with Gasteiger partial charge in [-0.1, -0.05) is 0 Å². The summed E-state index contributed by atoms with van der Waals surface area (Å²) in [5.74, 6) is -4.70. The summed E-state index contributed by atoms with van der Waals surface area (Å²) in [6.45, 7) is 0.265. The molecule has 2 unspecified atom stereocenters. The minimum Gasteiger partial charge on any atom is -0.476 e. The lowest BCUT2D eigenvalue weighted by Gasteiger charge is -2.46. The summed E-state index contributed by atoms with van der Waals surface area (Å²) in [5.41, 5.74) is 0.316. The van der Waals surface area contributed by atoms with Gasteiger partial charge in [0.2, 0.25) is 5.91 Å². The Morgan fingerprint density at radius 1 is 1.34 bits per heavy atom. The number of aliphatic hydroxyl groups is 4. The van der Waals surface area contributed by atoms with E-state index in [2.05, 4.69) is 5.32 Å². The molecular formula is C18H23NO10. The Kier molecular flexibility index (Phi) is 7.27. The highest BCUT2D eigenvalue weighted by Crippen LogP contribution is 2.34. The Labute approximate surface area is 165 Å². The quantitative estimate of drug-likeness (QED) is 0.261. The highest BCUT2D eigenvalue weighted by molar-refractivity contribution is 5.77. The zero-order valence-corrected chi connectivity index (χ0v) is 15.5. The number of benzene rings is 1. The van der Waals surface area contributed by atoms with E-state index in [9.17, 15) is 34.8 Å². The number of carboxylic acids is 1. The molecule has 1 aliphatic heterocycles. The summed E-state index contributed by atoms with van der Waals surface area (Å²) in [4.78, 5) is 34.2. The number of hydrogen-bond donors (Lipinski definition) is 6. The van der Waals surface area contributed by atoms with Crippen molar-refractivity contribution in [3.8, 4) is 5.75 Å². The summed E-state index contributed by atoms with van der Waals surface area (Å²) in [6.07, 6.45) is -6.80. The average molecular weight is 413 g/mol. The Balaban J connectivity index is 2.40. The van der Waals surface area contributed by atoms with Crippen LogP contribution in [0, 0.1) is 0 Å². The number of hydrogen-bond acceptors (Lipinski definition) is 9. The van der Waals surface area contributed by atoms with Gasteiger partial charge in [0, 0.05) is 12.5 Å². The van der Waals surface area contributed by atoms with Crippen LogP contribution in [0.15, 0.2) is 24.3 Å². The number of carbonyl (C=O) groups is 3. The third-order valence-electron chi connectivity index (χ3n) is 4.49. The Hall–Kier alpha value is -2.57. The van der Waals surface area contributed by atoms with Gasteiger partial charge in [-0.3, -0.25) is 9.59 Å². The van der Waals surface area contributed by atoms with Crippen LogP contribution in [0.4, 0.5) is 0 Å². The fourth-order valence-corrected chi connectivity index (χ4v) is 3.04. The maximum absolute atomic E-state index is 12.0. The van der Waals surface area contributed by atoms with Crippen LogP contribution in [-0.2, 0) is 14.3 Å². The highest BCUT2D eigenvalue weighted by atomic mass is 16.7. The topological polar surface area (TPSA) is 183 Å². The van der Waals surface area contributed by atoms with Crippen LogP contribution in [0.5, 0.6) is 5.75 Å². The fourth-order valence-electron chi connectivity index (χ4n) is 3.04. The van der Waals surface area contributed by atoms with Gasteiger partial charge in [-0.15, -0.1) is 0 Å². The summed E-state index contributed by atoms with van der Waals surface area (Å²) in [5, 5.41) is 51.8. The second-order valence-corrected chi connectivity index (χ2v) is 6.67. The summed E-state index contributed by atoms with van der Waals surface area (Å²) in [7, 11) is 0. The molecule has 0 aliphatic carbocycles. The van der Waals surface area contributed by atoms with Gasteiger partial charge in [0.15, 0.2) is 0 Å². The normalized spacial score (nSPS) is 28.8. The number of amides is 1. The summed E-state index contributed by atoms with van der Waals surface area (Å²) < 4.78 is 10.9. The minimum absolute atomic E-state index is 0.000812. The van der Waals surface area contributed by atoms with Gasteiger partial charge in [-0.2, -0.15) is 0 Å². The number of aldehydes is 1. The van der Waals surface area contributed by atoms with Gasteiger partial charge < -0.3 is 40.3 Å². The highest BCUT2D eigenvalue weighted by Gasteiger charge is 2.56. The molecule has 1 aromatic carbocycles. The molecule has 1 fully saturated rings. The van der Waals surface area contributed by atoms with Gasteiger partial charge in [0.25, 0.3) is 0 Å². The second-order valence-electron chi connectivity index (χ2n) is 6.67. The number of aliphatic hydroxyl groups excluding tert-OH is 4. The smallest absolute Gasteiger partial charge is 0.377 e. The molecule has 1 aliphatic rings. The fraction of sp³-hybridized carbons (Fsp3) is 0.500. The Morgan fingerprint density at radius 3 is 2.45 bits per heavy atom. The first-order chi connectivity index (χ1) is 13.6. The first-order valence-electron chi connectivity index (χ1n) is 8.71. The number of carboxylic acid groups (broad SMARTS) is 1. The van der Waals surface area contributed by atoms with Crippen molar-refractivity contribution >= 4 is 18.2 Å². The van der Waals surface area contributed by atoms with Gasteiger partial charge in [0.05, 0.1) is 25.2 Å². The first-order valence-corrected chi connectivity index (χ1v) is 8.71. The van der Waals surface area contributed by atoms with Crippen molar-refractivity contribution in [1.82, 2.24) is 5.32 Å². The molecule has 0 radical (unpaired) electrons. The lowest BCUT2D eigenvalue weighted by Crippen LogP contribution is -2.68. The van der Waals surface area contributed by atoms with Crippen LogP contribution in [0.1, 0.15) is 23.7 Å². The van der Waals surface area contributed by atoms with E-state index in [1.807, 2.05) is 0 Å². The molecule has 6 N–H and O–H groups in total. The average Bonchev–Trinajstić information content (AvgIpc) is 2.68. The van der Waals surface area contributed by atoms with Gasteiger partial charge >= 0.3 is 11.8 Å². The zero-order valence-electron chi connectivity index (χ0n) is 15.5. The number of rotatable bonds is 8. The Bertz CT molecular complexity index is 739. The lowest BCUT2D eigenvalue weighted by atomic mass is 9.88. The standard InChI is InChI=1S/C18H23NO10/c1-9(22)19-14-12(23)6-18(17(26)27,29-16(14)15(25)13(24)8-21)28-11-4-2-10(7-20)3-5-11/h2-5,7,12-16,21,23-25H,6,8H2,1H3,(H,19,22)(H,26,27)/t12-,13?,14+,15?,16-,18-/m0/s1. The number of ether oxygens (including phenoxy) is 2. The largest absolute Gasteiger partial charge is 0.476 e. The van der Waals surface area contributed by atoms with Gasteiger partial charge in [0.1, 0.15) is 30.3 Å². The van der Waals surface area contributed by atoms with E-state index in [1.54, 1.807) is 0 Å². The predicted octanol–water partition coefficient (Wildman–Crippen LogP) is -1.97. The van der Waals surface area contributed by atoms with Crippen molar-refractivity contribution in [1.29, 1.82) is 0 Å². The molecule has 1 saturated heterocycles. The van der Waals surface area contributed by atoms with Gasteiger partial charge in [-0.05, 0) is 24.3 Å². The van der Waals surface area contributed by atoms with Crippen molar-refractivity contribution in [2.45, 2.75) is 49.6 Å². The molecular weight excluding hydrogens is 390 g/mol. The van der Waals surface area contributed by atoms with E-state index in [4.69, 9.17) is 14.6 Å². The van der Waals surface area contributed by atoms with Crippen molar-refractivity contribution in [2.24, 2.45) is 0 Å². The molecule has 29 heavy (non-hydrogen) atoms. The van der Waals surface area contributed by atoms with E-state index in [0.29, 0.717) is 11.8 Å². The zero-order chi connectivity index (χ0) is 21.8. The van der Waals surface area contributed by atoms with Crippen molar-refractivity contribution in [3.05, 3.63) is 29.8 Å². The molecule has 1 aromatic rings. The molecule has 0 bridgehead atoms. The van der Waals surface area contributed by atoms with Crippen molar-refractivity contribution < 1.29 is 49.4 Å². The molecule has 160 valence electrons. The molecule has 0 spiro atoms. The third-order valence-corrected chi connectivity index (χ3v) is 4.49. The molecule has 11 nitrogen and oxygen atoms in total. The Morgan fingerprint density at radius 2 is 1.97 bits per heavy atom. The number of aliphatic carboxylic acids is 1. The first kappa shape index (κ1) is 22.7. The van der Waals surface area contributed by atoms with Crippen LogP contribution in [-0.4, -0.2) is 86.5 Å². The lowest BCUT2D eigenvalue weighted by molar-refractivity contribution is -0.284. The minimum atomic E-state index is -2.47. The monoisotopic (exact) mass is 413 g/mol. The molecule has 2 rings (SSSR count).